The van der Waals surface area contributed by atoms with Gasteiger partial charge in [-0.2, -0.15) is 0 Å². The van der Waals surface area contributed by atoms with Gasteiger partial charge in [-0.3, -0.25) is 4.57 Å². The maximum Gasteiger partial charge on any atom is 0.159 e. The Morgan fingerprint density at radius 2 is 1.16 bits per heavy atom. The highest BCUT2D eigenvalue weighted by Crippen LogP contribution is 2.32. The van der Waals surface area contributed by atoms with Gasteiger partial charge in [0.25, 0.3) is 0 Å². The highest BCUT2D eigenvalue weighted by Gasteiger charge is 2.14. The van der Waals surface area contributed by atoms with Crippen LogP contribution in [0, 0.1) is 0 Å². The molecule has 0 amide bonds. The fourth-order valence-electron chi connectivity index (χ4n) is 5.71. The Morgan fingerprint density at radius 3 is 2.05 bits per heavy atom. The molecule has 0 unspecified atom stereocenters. The van der Waals surface area contributed by atoms with Crippen molar-refractivity contribution >= 4 is 21.8 Å². The van der Waals surface area contributed by atoms with Crippen LogP contribution in [0.15, 0.2) is 158 Å². The number of benzene rings is 6. The van der Waals surface area contributed by atoms with Gasteiger partial charge in [0, 0.05) is 28.6 Å². The van der Waals surface area contributed by atoms with E-state index in [2.05, 4.69) is 143 Å². The normalized spacial score (nSPS) is 11.3. The van der Waals surface area contributed by atoms with Crippen molar-refractivity contribution in [2.45, 2.75) is 0 Å². The number of rotatable bonds is 5. The lowest BCUT2D eigenvalue weighted by Crippen LogP contribution is -1.97. The van der Waals surface area contributed by atoms with E-state index in [-0.39, 0.29) is 0 Å². The smallest absolute Gasteiger partial charge is 0.159 e. The van der Waals surface area contributed by atoms with Crippen LogP contribution in [0.25, 0.3) is 72.7 Å². The van der Waals surface area contributed by atoms with Crippen molar-refractivity contribution in [3.05, 3.63) is 158 Å². The molecule has 0 aliphatic rings. The van der Waals surface area contributed by atoms with Crippen molar-refractivity contribution in [2.24, 2.45) is 0 Å². The molecule has 0 aliphatic carbocycles. The lowest BCUT2D eigenvalue weighted by atomic mass is 10.0. The molecule has 202 valence electrons. The molecule has 0 saturated carbocycles. The van der Waals surface area contributed by atoms with Gasteiger partial charge in [0.2, 0.25) is 0 Å². The molecule has 2 heterocycles. The van der Waals surface area contributed by atoms with E-state index in [9.17, 15) is 0 Å². The summed E-state index contributed by atoms with van der Waals surface area (Å²) in [4.78, 5) is 14.6. The molecule has 0 spiro atoms. The van der Waals surface area contributed by atoms with Gasteiger partial charge in [0.1, 0.15) is 5.82 Å². The van der Waals surface area contributed by atoms with Crippen molar-refractivity contribution in [3.8, 4) is 50.8 Å². The van der Waals surface area contributed by atoms with Crippen molar-refractivity contribution in [3.63, 3.8) is 0 Å². The zero-order valence-electron chi connectivity index (χ0n) is 23.3. The minimum atomic E-state index is 0.709. The first-order chi connectivity index (χ1) is 21.3. The molecule has 8 aromatic rings. The minimum absolute atomic E-state index is 0.709. The molecular weight excluding hydrogens is 524 g/mol. The highest BCUT2D eigenvalue weighted by molar-refractivity contribution is 5.87. The zero-order chi connectivity index (χ0) is 28.6. The summed E-state index contributed by atoms with van der Waals surface area (Å²) in [6, 6.07) is 52.5. The molecule has 43 heavy (non-hydrogen) atoms. The van der Waals surface area contributed by atoms with E-state index in [1.54, 1.807) is 0 Å². The third-order valence-electron chi connectivity index (χ3n) is 7.87. The minimum Gasteiger partial charge on any atom is -0.292 e. The number of hydrogen-bond donors (Lipinski definition) is 0. The fraction of sp³-hybridized carbons (Fsp3) is 0. The summed E-state index contributed by atoms with van der Waals surface area (Å²) in [6.07, 6.45) is 1.84. The van der Waals surface area contributed by atoms with Crippen LogP contribution < -0.4 is 0 Å². The molecule has 0 N–H and O–H groups in total. The van der Waals surface area contributed by atoms with Crippen LogP contribution in [0.4, 0.5) is 0 Å². The second kappa shape index (κ2) is 10.5. The lowest BCUT2D eigenvalue weighted by molar-refractivity contribution is 1.10. The molecule has 6 aromatic carbocycles. The Labute approximate surface area is 249 Å². The maximum atomic E-state index is 5.01. The van der Waals surface area contributed by atoms with E-state index in [0.29, 0.717) is 5.82 Å². The van der Waals surface area contributed by atoms with Crippen LogP contribution in [-0.4, -0.2) is 19.5 Å². The average molecular weight is 551 g/mol. The van der Waals surface area contributed by atoms with E-state index in [0.717, 1.165) is 56.1 Å². The van der Waals surface area contributed by atoms with Crippen LogP contribution >= 0.6 is 0 Å². The molecule has 0 radical (unpaired) electrons. The van der Waals surface area contributed by atoms with Gasteiger partial charge in [-0.25, -0.2) is 15.0 Å². The summed E-state index contributed by atoms with van der Waals surface area (Å²) >= 11 is 0. The standard InChI is InChI=1S/C39H26N4/c1-2-13-34(14-3-1)43-37-16-7-6-15-36(37)42-39(43)29-20-17-28(18-21-29)31-11-8-12-33(26-31)38-40-24-23-35(41-38)32-22-19-27-9-4-5-10-30(27)25-32/h1-26H. The number of nitrogens with zero attached hydrogens (tertiary/aromatic N) is 4. The topological polar surface area (TPSA) is 43.6 Å². The van der Waals surface area contributed by atoms with Gasteiger partial charge in [-0.1, -0.05) is 109 Å². The van der Waals surface area contributed by atoms with Crippen LogP contribution in [0.5, 0.6) is 0 Å². The van der Waals surface area contributed by atoms with Gasteiger partial charge >= 0.3 is 0 Å². The van der Waals surface area contributed by atoms with Crippen molar-refractivity contribution in [1.29, 1.82) is 0 Å². The molecule has 0 fully saturated rings. The molecule has 0 atom stereocenters. The Kier molecular flexibility index (Phi) is 6.08. The molecule has 4 nitrogen and oxygen atoms in total. The number of hydrogen-bond acceptors (Lipinski definition) is 3. The Morgan fingerprint density at radius 1 is 0.442 bits per heavy atom. The van der Waals surface area contributed by atoms with E-state index >= 15 is 0 Å². The third kappa shape index (κ3) is 4.65. The van der Waals surface area contributed by atoms with Gasteiger partial charge in [-0.05, 0) is 64.4 Å². The van der Waals surface area contributed by atoms with Crippen molar-refractivity contribution in [2.75, 3.05) is 0 Å². The van der Waals surface area contributed by atoms with E-state index in [1.165, 1.54) is 10.8 Å². The highest BCUT2D eigenvalue weighted by atomic mass is 15.1. The van der Waals surface area contributed by atoms with Crippen LogP contribution in [0.2, 0.25) is 0 Å². The van der Waals surface area contributed by atoms with E-state index in [4.69, 9.17) is 9.97 Å². The molecule has 2 aromatic heterocycles. The number of imidazole rings is 1. The van der Waals surface area contributed by atoms with Gasteiger partial charge in [0.15, 0.2) is 5.82 Å². The van der Waals surface area contributed by atoms with E-state index < -0.39 is 0 Å². The molecular formula is C39H26N4. The molecule has 0 saturated heterocycles. The monoisotopic (exact) mass is 550 g/mol. The van der Waals surface area contributed by atoms with Gasteiger partial charge in [-0.15, -0.1) is 0 Å². The summed E-state index contributed by atoms with van der Waals surface area (Å²) in [5, 5.41) is 2.42. The first-order valence-corrected chi connectivity index (χ1v) is 14.4. The lowest BCUT2D eigenvalue weighted by Gasteiger charge is -2.11. The zero-order valence-corrected chi connectivity index (χ0v) is 23.3. The van der Waals surface area contributed by atoms with Crippen LogP contribution in [0.3, 0.4) is 0 Å². The Hall–Kier alpha value is -5.87. The third-order valence-corrected chi connectivity index (χ3v) is 7.87. The summed E-state index contributed by atoms with van der Waals surface area (Å²) < 4.78 is 2.23. The predicted octanol–water partition coefficient (Wildman–Crippen LogP) is 9.64. The summed E-state index contributed by atoms with van der Waals surface area (Å²) in [6.45, 7) is 0. The van der Waals surface area contributed by atoms with Crippen LogP contribution in [-0.2, 0) is 0 Å². The average Bonchev–Trinajstić information content (AvgIpc) is 3.48. The second-order valence-electron chi connectivity index (χ2n) is 10.6. The number of aromatic nitrogens is 4. The first-order valence-electron chi connectivity index (χ1n) is 14.4. The first kappa shape index (κ1) is 24.9. The molecule has 4 heteroatoms. The quantitative estimate of drug-likeness (QED) is 0.214. The van der Waals surface area contributed by atoms with Gasteiger partial charge < -0.3 is 0 Å². The van der Waals surface area contributed by atoms with Crippen molar-refractivity contribution in [1.82, 2.24) is 19.5 Å². The fourth-order valence-corrected chi connectivity index (χ4v) is 5.71. The predicted molar refractivity (Wildman–Crippen MR) is 176 cm³/mol. The number of para-hydroxylation sites is 3. The van der Waals surface area contributed by atoms with Crippen molar-refractivity contribution < 1.29 is 0 Å². The maximum absolute atomic E-state index is 5.01. The molecule has 8 rings (SSSR count). The van der Waals surface area contributed by atoms with Gasteiger partial charge in [0.05, 0.1) is 16.7 Å². The second-order valence-corrected chi connectivity index (χ2v) is 10.6. The summed E-state index contributed by atoms with van der Waals surface area (Å²) in [5.74, 6) is 1.63. The van der Waals surface area contributed by atoms with Crippen LogP contribution in [0.1, 0.15) is 0 Å². The SMILES string of the molecule is c1ccc(-n2c(-c3ccc(-c4cccc(-c5nccc(-c6ccc7ccccc7c6)n5)c4)cc3)nc3ccccc32)cc1. The summed E-state index contributed by atoms with van der Waals surface area (Å²) in [5.41, 5.74) is 9.42. The van der Waals surface area contributed by atoms with E-state index in [1.807, 2.05) is 24.4 Å². The largest absolute Gasteiger partial charge is 0.292 e. The molecule has 0 aliphatic heterocycles. The molecule has 0 bridgehead atoms. The number of fused-ring (bicyclic) bond motifs is 2. The Balaban J connectivity index is 1.13. The summed E-state index contributed by atoms with van der Waals surface area (Å²) in [7, 11) is 0. The Bertz CT molecular complexity index is 2230.